The molecule has 0 aromatic heterocycles. The van der Waals surface area contributed by atoms with Crippen LogP contribution in [0.4, 0.5) is 26.2 Å². The van der Waals surface area contributed by atoms with E-state index in [1.807, 2.05) is 4.90 Å². The molecule has 3 N–H and O–H groups in total. The first-order chi connectivity index (χ1) is 19.7. The van der Waals surface area contributed by atoms with Gasteiger partial charge < -0.3 is 30.1 Å². The number of amides is 3. The van der Waals surface area contributed by atoms with Crippen molar-refractivity contribution in [1.29, 1.82) is 0 Å². The van der Waals surface area contributed by atoms with Gasteiger partial charge in [-0.3, -0.25) is 19.3 Å². The first kappa shape index (κ1) is 29.5. The molecule has 41 heavy (non-hydrogen) atoms. The summed E-state index contributed by atoms with van der Waals surface area (Å²) in [4.78, 5) is 63.9. The molecular weight excluding hydrogens is 535 g/mol. The molecule has 2 aromatic carbocycles. The molecule has 2 aliphatic rings. The van der Waals surface area contributed by atoms with Crippen LogP contribution in [0.5, 0.6) is 0 Å². The van der Waals surface area contributed by atoms with Crippen LogP contribution >= 0.6 is 0 Å². The van der Waals surface area contributed by atoms with Crippen LogP contribution in [-0.2, 0) is 19.1 Å². The van der Waals surface area contributed by atoms with Gasteiger partial charge in [0, 0.05) is 57.2 Å². The van der Waals surface area contributed by atoms with Crippen molar-refractivity contribution >= 4 is 47.0 Å². The van der Waals surface area contributed by atoms with E-state index in [2.05, 4.69) is 16.2 Å². The lowest BCUT2D eigenvalue weighted by Gasteiger charge is -2.36. The van der Waals surface area contributed by atoms with Crippen molar-refractivity contribution in [3.8, 4) is 0 Å². The topological polar surface area (TPSA) is 140 Å². The third-order valence-electron chi connectivity index (χ3n) is 6.86. The number of hydrogen-bond donors (Lipinski definition) is 3. The molecule has 0 unspecified atom stereocenters. The van der Waals surface area contributed by atoms with Crippen LogP contribution in [0.25, 0.3) is 0 Å². The first-order valence-corrected chi connectivity index (χ1v) is 13.4. The molecule has 12 nitrogen and oxygen atoms in total. The normalized spacial score (nSPS) is 16.8. The second kappa shape index (κ2) is 13.7. The van der Waals surface area contributed by atoms with Crippen LogP contribution in [0.3, 0.4) is 0 Å². The zero-order chi connectivity index (χ0) is 29.4. The average molecular weight is 569 g/mol. The second-order valence-electron chi connectivity index (χ2n) is 9.73. The number of piperazine rings is 1. The maximum atomic E-state index is 15.1. The maximum Gasteiger partial charge on any atom is 0.414 e. The molecule has 0 radical (unpaired) electrons. The molecule has 2 heterocycles. The van der Waals surface area contributed by atoms with Crippen molar-refractivity contribution in [3.63, 3.8) is 0 Å². The van der Waals surface area contributed by atoms with Gasteiger partial charge in [0.2, 0.25) is 11.8 Å². The van der Waals surface area contributed by atoms with Crippen LogP contribution in [-0.4, -0.2) is 86.8 Å². The minimum Gasteiger partial charge on any atom is -0.442 e. The molecule has 3 amide bonds. The number of ketones is 1. The van der Waals surface area contributed by atoms with Crippen molar-refractivity contribution in [2.45, 2.75) is 25.9 Å². The number of Topliss-reactive ketones (excluding diaryl/α,β-unsaturated/α-hetero) is 1. The smallest absolute Gasteiger partial charge is 0.414 e. The molecule has 1 atom stereocenters. The lowest BCUT2D eigenvalue weighted by molar-refractivity contribution is -0.131. The minimum absolute atomic E-state index is 0.0793. The van der Waals surface area contributed by atoms with E-state index < -0.39 is 18.0 Å². The number of carbonyl (C=O) groups excluding carboxylic acids is 5. The number of nitrogens with one attached hydrogen (secondary N) is 3. The van der Waals surface area contributed by atoms with Gasteiger partial charge >= 0.3 is 6.09 Å². The summed E-state index contributed by atoms with van der Waals surface area (Å²) in [5.41, 5.74) is 7.48. The number of hydrazine groups is 1. The molecule has 218 valence electrons. The Kier molecular flexibility index (Phi) is 9.85. The number of anilines is 3. The van der Waals surface area contributed by atoms with E-state index >= 15 is 4.39 Å². The van der Waals surface area contributed by atoms with Gasteiger partial charge in [-0.2, -0.15) is 0 Å². The Labute approximate surface area is 236 Å². The number of aldehydes is 1. The molecule has 2 aromatic rings. The van der Waals surface area contributed by atoms with Gasteiger partial charge in [0.15, 0.2) is 5.78 Å². The lowest BCUT2D eigenvalue weighted by Crippen LogP contribution is -2.49. The van der Waals surface area contributed by atoms with Gasteiger partial charge in [0.05, 0.1) is 31.0 Å². The Bertz CT molecular complexity index is 1280. The molecule has 2 saturated heterocycles. The number of rotatable bonds is 12. The van der Waals surface area contributed by atoms with Gasteiger partial charge in [-0.1, -0.05) is 0 Å². The Hall–Kier alpha value is -4.52. The standard InChI is InChI=1S/C28H33FN6O6/c1-19(37)30-17-23-18-35(28(40)41-23)22-6-7-25(24(29)16-22)33-11-13-34(14-12-33)27(39)9-8-26(38)20-2-4-21(5-3-20)32-31-10-15-36/h2-7,15-16,23,31-32H,8-14,17-18H2,1H3,(H,30,37)/t23-/m0/s1. The highest BCUT2D eigenvalue weighted by molar-refractivity contribution is 5.98. The van der Waals surface area contributed by atoms with Crippen molar-refractivity contribution in [3.05, 3.63) is 53.8 Å². The Morgan fingerprint density at radius 3 is 2.44 bits per heavy atom. The SMILES string of the molecule is CC(=O)NC[C@H]1CN(c2ccc(N3CCN(C(=O)CCC(=O)c4ccc(NNCC=O)cc4)CC3)c(F)c2)C(=O)O1. The van der Waals surface area contributed by atoms with E-state index in [1.54, 1.807) is 41.3 Å². The van der Waals surface area contributed by atoms with Crippen molar-refractivity contribution in [2.24, 2.45) is 0 Å². The minimum atomic E-state index is -0.601. The van der Waals surface area contributed by atoms with Crippen molar-refractivity contribution in [1.82, 2.24) is 15.6 Å². The molecule has 2 aliphatic heterocycles. The number of benzene rings is 2. The zero-order valence-corrected chi connectivity index (χ0v) is 22.7. The highest BCUT2D eigenvalue weighted by atomic mass is 19.1. The number of cyclic esters (lactones) is 1. The van der Waals surface area contributed by atoms with Crippen molar-refractivity contribution in [2.75, 3.05) is 61.0 Å². The third kappa shape index (κ3) is 7.78. The van der Waals surface area contributed by atoms with Gasteiger partial charge in [0.1, 0.15) is 18.2 Å². The summed E-state index contributed by atoms with van der Waals surface area (Å²) in [7, 11) is 0. The Morgan fingerprint density at radius 2 is 1.78 bits per heavy atom. The van der Waals surface area contributed by atoms with Crippen molar-refractivity contribution < 1.29 is 33.1 Å². The summed E-state index contributed by atoms with van der Waals surface area (Å²) in [5.74, 6) is -1.00. The highest BCUT2D eigenvalue weighted by Gasteiger charge is 2.33. The molecule has 0 saturated carbocycles. The van der Waals surface area contributed by atoms with E-state index in [1.165, 1.54) is 17.9 Å². The number of nitrogens with zero attached hydrogens (tertiary/aromatic N) is 3. The second-order valence-corrected chi connectivity index (χ2v) is 9.73. The van der Waals surface area contributed by atoms with Crippen LogP contribution < -0.4 is 26.0 Å². The molecule has 0 spiro atoms. The summed E-state index contributed by atoms with van der Waals surface area (Å²) >= 11 is 0. The monoisotopic (exact) mass is 568 g/mol. The summed E-state index contributed by atoms with van der Waals surface area (Å²) in [6.07, 6.45) is -0.236. The van der Waals surface area contributed by atoms with E-state index in [-0.39, 0.29) is 50.1 Å². The highest BCUT2D eigenvalue weighted by Crippen LogP contribution is 2.28. The van der Waals surface area contributed by atoms with Crippen LogP contribution in [0.15, 0.2) is 42.5 Å². The fourth-order valence-electron chi connectivity index (χ4n) is 4.67. The van der Waals surface area contributed by atoms with E-state index in [0.717, 1.165) is 6.29 Å². The van der Waals surface area contributed by atoms with Gasteiger partial charge in [-0.05, 0) is 42.5 Å². The zero-order valence-electron chi connectivity index (χ0n) is 22.7. The van der Waals surface area contributed by atoms with E-state index in [4.69, 9.17) is 4.74 Å². The molecule has 13 heteroatoms. The molecule has 0 bridgehead atoms. The summed E-state index contributed by atoms with van der Waals surface area (Å²) in [6, 6.07) is 11.3. The number of halogens is 1. The van der Waals surface area contributed by atoms with Crippen LogP contribution in [0.1, 0.15) is 30.1 Å². The Morgan fingerprint density at radius 1 is 1.05 bits per heavy atom. The predicted octanol–water partition coefficient (Wildman–Crippen LogP) is 1.71. The molecule has 0 aliphatic carbocycles. The number of ether oxygens (including phenoxy) is 1. The first-order valence-electron chi connectivity index (χ1n) is 13.4. The number of carbonyl (C=O) groups is 5. The largest absolute Gasteiger partial charge is 0.442 e. The lowest BCUT2D eigenvalue weighted by atomic mass is 10.1. The van der Waals surface area contributed by atoms with E-state index in [9.17, 15) is 24.0 Å². The van der Waals surface area contributed by atoms with Gasteiger partial charge in [0.25, 0.3) is 0 Å². The number of hydrogen-bond acceptors (Lipinski definition) is 9. The van der Waals surface area contributed by atoms with Crippen LogP contribution in [0.2, 0.25) is 0 Å². The maximum absolute atomic E-state index is 15.1. The molecular formula is C28H33FN6O6. The van der Waals surface area contributed by atoms with E-state index in [0.29, 0.717) is 48.8 Å². The average Bonchev–Trinajstić information content (AvgIpc) is 3.35. The summed E-state index contributed by atoms with van der Waals surface area (Å²) < 4.78 is 20.3. The summed E-state index contributed by atoms with van der Waals surface area (Å²) in [6.45, 7) is 3.54. The predicted molar refractivity (Wildman–Crippen MR) is 149 cm³/mol. The summed E-state index contributed by atoms with van der Waals surface area (Å²) in [5, 5.41) is 2.60. The quantitative estimate of drug-likeness (QED) is 0.151. The van der Waals surface area contributed by atoms with Gasteiger partial charge in [-0.15, -0.1) is 0 Å². The fourth-order valence-corrected chi connectivity index (χ4v) is 4.67. The molecule has 2 fully saturated rings. The van der Waals surface area contributed by atoms with Gasteiger partial charge in [-0.25, -0.2) is 14.6 Å². The van der Waals surface area contributed by atoms with Crippen LogP contribution in [0, 0.1) is 5.82 Å². The fraction of sp³-hybridized carbons (Fsp3) is 0.393. The Balaban J connectivity index is 1.24. The molecule has 4 rings (SSSR count). The third-order valence-corrected chi connectivity index (χ3v) is 6.86.